The Morgan fingerprint density at radius 2 is 0.927 bits per heavy atom. The van der Waals surface area contributed by atoms with Gasteiger partial charge in [0.1, 0.15) is 23.0 Å². The molecule has 4 rings (SSSR count). The van der Waals surface area contributed by atoms with E-state index in [0.717, 1.165) is 22.6 Å². The molecule has 0 spiro atoms. The quantitative estimate of drug-likeness (QED) is 0.181. The maximum absolute atomic E-state index is 11.7. The molecule has 4 aromatic rings. The molecular formula is C30H26CoN4O6. The number of hydrogen-bond acceptors (Lipinski definition) is 10. The summed E-state index contributed by atoms with van der Waals surface area (Å²) >= 11 is 0. The number of phenols is 2. The van der Waals surface area contributed by atoms with Crippen LogP contribution in [0.1, 0.15) is 22.3 Å². The molecule has 0 saturated carbocycles. The first-order valence-corrected chi connectivity index (χ1v) is 11.8. The average molecular weight is 597 g/mol. The normalized spacial score (nSPS) is 11.5. The van der Waals surface area contributed by atoms with Crippen LogP contribution in [0, 0.1) is 0 Å². The van der Waals surface area contributed by atoms with Crippen LogP contribution in [-0.4, -0.2) is 48.7 Å². The monoisotopic (exact) mass is 597 g/mol. The number of methoxy groups -OCH3 is 2. The van der Waals surface area contributed by atoms with E-state index >= 15 is 0 Å². The molecule has 11 heteroatoms. The van der Waals surface area contributed by atoms with Crippen molar-refractivity contribution in [2.75, 3.05) is 14.2 Å². The second-order valence-electron chi connectivity index (χ2n) is 7.88. The van der Waals surface area contributed by atoms with Crippen LogP contribution >= 0.6 is 0 Å². The SMILES string of the molecule is COc1ccc(/C=N/N=C(\[O-])c2ccccc2O)cc1.COc1ccc(/C=N/N=C(\[O-])c2ccccc2O)cc1.[Co+2]. The van der Waals surface area contributed by atoms with Crippen molar-refractivity contribution >= 4 is 24.2 Å². The van der Waals surface area contributed by atoms with E-state index in [-0.39, 0.29) is 39.4 Å². The standard InChI is InChI=1S/2C15H14N2O3.Co/c2*1-20-12-8-6-11(7-9-12)10-16-17-15(19)13-4-2-3-5-14(13)18;/h2*2-10,18H,1H3,(H,17,19);/q;;+2/p-2/b2*16-10+;. The third kappa shape index (κ3) is 10.2. The number of aromatic hydroxyl groups is 2. The van der Waals surface area contributed by atoms with Gasteiger partial charge < -0.3 is 29.9 Å². The summed E-state index contributed by atoms with van der Waals surface area (Å²) in [5.74, 6) is 0.0799. The summed E-state index contributed by atoms with van der Waals surface area (Å²) in [5, 5.41) is 56.9. The molecule has 4 aromatic carbocycles. The van der Waals surface area contributed by atoms with Crippen molar-refractivity contribution in [3.8, 4) is 23.0 Å². The van der Waals surface area contributed by atoms with Crippen LogP contribution in [0.25, 0.3) is 0 Å². The van der Waals surface area contributed by atoms with Crippen LogP contribution in [-0.2, 0) is 16.8 Å². The van der Waals surface area contributed by atoms with Crippen molar-refractivity contribution in [2.45, 2.75) is 0 Å². The summed E-state index contributed by atoms with van der Waals surface area (Å²) < 4.78 is 10.1. The van der Waals surface area contributed by atoms with Crippen LogP contribution in [0.15, 0.2) is 117 Å². The van der Waals surface area contributed by atoms with Crippen molar-refractivity contribution in [3.63, 3.8) is 0 Å². The molecule has 0 fully saturated rings. The number of para-hydroxylation sites is 2. The van der Waals surface area contributed by atoms with Gasteiger partial charge in [-0.05, 0) is 71.8 Å². The van der Waals surface area contributed by atoms with Crippen LogP contribution < -0.4 is 19.7 Å². The van der Waals surface area contributed by atoms with Crippen LogP contribution in [0.5, 0.6) is 23.0 Å². The topological polar surface area (TPSA) is 154 Å². The molecule has 0 bridgehead atoms. The predicted molar refractivity (Wildman–Crippen MR) is 150 cm³/mol. The van der Waals surface area contributed by atoms with Gasteiger partial charge in [0.15, 0.2) is 0 Å². The average Bonchev–Trinajstić information content (AvgIpc) is 2.98. The fraction of sp³-hybridized carbons (Fsp3) is 0.0667. The zero-order valence-electron chi connectivity index (χ0n) is 22.0. The first-order valence-electron chi connectivity index (χ1n) is 11.8. The van der Waals surface area contributed by atoms with E-state index in [1.165, 1.54) is 36.7 Å². The molecule has 2 N–H and O–H groups in total. The molecule has 0 unspecified atom stereocenters. The maximum atomic E-state index is 11.7. The van der Waals surface area contributed by atoms with E-state index in [1.807, 2.05) is 0 Å². The number of benzene rings is 4. The van der Waals surface area contributed by atoms with Gasteiger partial charge in [0.25, 0.3) is 0 Å². The smallest absolute Gasteiger partial charge is 0.857 e. The zero-order chi connectivity index (χ0) is 28.7. The van der Waals surface area contributed by atoms with Crippen LogP contribution in [0.3, 0.4) is 0 Å². The molecular weight excluding hydrogens is 571 g/mol. The summed E-state index contributed by atoms with van der Waals surface area (Å²) in [7, 11) is 3.17. The number of rotatable bonds is 8. The van der Waals surface area contributed by atoms with Crippen molar-refractivity contribution in [1.29, 1.82) is 0 Å². The van der Waals surface area contributed by atoms with Gasteiger partial charge in [0.2, 0.25) is 0 Å². The molecule has 41 heavy (non-hydrogen) atoms. The minimum Gasteiger partial charge on any atom is -0.857 e. The van der Waals surface area contributed by atoms with Crippen molar-refractivity contribution in [2.24, 2.45) is 20.4 Å². The van der Waals surface area contributed by atoms with Gasteiger partial charge in [0.05, 0.1) is 26.6 Å². The molecule has 0 aliphatic heterocycles. The van der Waals surface area contributed by atoms with E-state index in [1.54, 1.807) is 87.0 Å². The van der Waals surface area contributed by atoms with E-state index in [4.69, 9.17) is 9.47 Å². The summed E-state index contributed by atoms with van der Waals surface area (Å²) in [4.78, 5) is 0. The largest absolute Gasteiger partial charge is 2.00 e. The number of ether oxygens (including phenoxy) is 2. The number of hydrogen-bond donors (Lipinski definition) is 2. The fourth-order valence-electron chi connectivity index (χ4n) is 3.09. The first-order chi connectivity index (χ1) is 19.4. The number of nitrogens with zero attached hydrogens (tertiary/aromatic N) is 4. The Kier molecular flexibility index (Phi) is 13.1. The minimum absolute atomic E-state index is 0. The van der Waals surface area contributed by atoms with E-state index in [9.17, 15) is 20.4 Å². The summed E-state index contributed by atoms with van der Waals surface area (Å²) in [6.07, 6.45) is 2.91. The van der Waals surface area contributed by atoms with Gasteiger partial charge in [-0.15, -0.1) is 0 Å². The Labute approximate surface area is 247 Å². The molecule has 0 saturated heterocycles. The molecule has 0 heterocycles. The Balaban J connectivity index is 0.000000280. The Hall–Kier alpha value is -5.13. The minimum atomic E-state index is -0.590. The van der Waals surface area contributed by atoms with Crippen LogP contribution in [0.4, 0.5) is 0 Å². The molecule has 10 nitrogen and oxygen atoms in total. The fourth-order valence-corrected chi connectivity index (χ4v) is 3.09. The molecule has 211 valence electrons. The number of phenolic OH excluding ortho intramolecular Hbond substituents is 2. The Bertz CT molecular complexity index is 1390. The van der Waals surface area contributed by atoms with Crippen molar-refractivity contribution < 1.29 is 46.7 Å². The predicted octanol–water partition coefficient (Wildman–Crippen LogP) is 3.08. The molecule has 1 radical (unpaired) electrons. The summed E-state index contributed by atoms with van der Waals surface area (Å²) in [6.45, 7) is 0. The van der Waals surface area contributed by atoms with Gasteiger partial charge >= 0.3 is 16.8 Å². The zero-order valence-corrected chi connectivity index (χ0v) is 23.1. The maximum Gasteiger partial charge on any atom is 2.00 e. The van der Waals surface area contributed by atoms with Crippen molar-refractivity contribution in [1.82, 2.24) is 0 Å². The molecule has 0 aliphatic rings. The van der Waals surface area contributed by atoms with Crippen LogP contribution in [0.2, 0.25) is 0 Å². The molecule has 0 amide bonds. The van der Waals surface area contributed by atoms with Gasteiger partial charge in [0, 0.05) is 22.9 Å². The third-order valence-electron chi connectivity index (χ3n) is 5.21. The third-order valence-corrected chi connectivity index (χ3v) is 5.21. The second kappa shape index (κ2) is 16.7. The summed E-state index contributed by atoms with van der Waals surface area (Å²) in [5.41, 5.74) is 1.83. The second-order valence-corrected chi connectivity index (χ2v) is 7.88. The summed E-state index contributed by atoms with van der Waals surface area (Å²) in [6, 6.07) is 26.7. The first kappa shape index (κ1) is 32.1. The Morgan fingerprint density at radius 1 is 0.585 bits per heavy atom. The van der Waals surface area contributed by atoms with Crippen molar-refractivity contribution in [3.05, 3.63) is 119 Å². The van der Waals surface area contributed by atoms with Gasteiger partial charge in [-0.1, -0.05) is 36.4 Å². The Morgan fingerprint density at radius 3 is 1.24 bits per heavy atom. The molecule has 0 aliphatic carbocycles. The van der Waals surface area contributed by atoms with Gasteiger partial charge in [-0.2, -0.15) is 20.4 Å². The van der Waals surface area contributed by atoms with Gasteiger partial charge in [-0.25, -0.2) is 0 Å². The van der Waals surface area contributed by atoms with Gasteiger partial charge in [-0.3, -0.25) is 0 Å². The molecule has 0 aromatic heterocycles. The molecule has 0 atom stereocenters. The van der Waals surface area contributed by atoms with E-state index < -0.39 is 11.8 Å². The van der Waals surface area contributed by atoms with E-state index in [0.29, 0.717) is 0 Å². The van der Waals surface area contributed by atoms with E-state index in [2.05, 4.69) is 20.4 Å².